The molecule has 25 heavy (non-hydrogen) atoms. The molecule has 132 valence electrons. The third kappa shape index (κ3) is 3.91. The van der Waals surface area contributed by atoms with Crippen LogP contribution in [0.25, 0.3) is 10.2 Å². The molecule has 0 saturated heterocycles. The molecule has 2 aromatic heterocycles. The highest BCUT2D eigenvalue weighted by Crippen LogP contribution is 2.27. The Balaban J connectivity index is 1.70. The van der Waals surface area contributed by atoms with Crippen molar-refractivity contribution in [2.75, 3.05) is 6.61 Å². The maximum atomic E-state index is 12.4. The molecule has 0 fully saturated rings. The quantitative estimate of drug-likeness (QED) is 0.734. The molecule has 1 N–H and O–H groups in total. The Bertz CT molecular complexity index is 930. The van der Waals surface area contributed by atoms with Gasteiger partial charge in [-0.3, -0.25) is 9.36 Å². The number of aliphatic hydroxyl groups excluding tert-OH is 1. The second-order valence-electron chi connectivity index (χ2n) is 6.50. The fourth-order valence-corrected chi connectivity index (χ4v) is 3.46. The Morgan fingerprint density at radius 2 is 2.12 bits per heavy atom. The Labute approximate surface area is 150 Å². The summed E-state index contributed by atoms with van der Waals surface area (Å²) in [6, 6.07) is 7.85. The van der Waals surface area contributed by atoms with E-state index >= 15 is 0 Å². The van der Waals surface area contributed by atoms with Crippen molar-refractivity contribution in [2.45, 2.75) is 39.3 Å². The van der Waals surface area contributed by atoms with Crippen LogP contribution in [0.4, 0.5) is 0 Å². The Morgan fingerprint density at radius 3 is 2.88 bits per heavy atom. The highest BCUT2D eigenvalue weighted by atomic mass is 32.1. The fourth-order valence-electron chi connectivity index (χ4n) is 2.73. The predicted molar refractivity (Wildman–Crippen MR) is 101 cm³/mol. The molecule has 6 heteroatoms. The number of ether oxygens (including phenoxy) is 1. The van der Waals surface area contributed by atoms with Crippen molar-refractivity contribution in [2.24, 2.45) is 0 Å². The molecule has 0 amide bonds. The van der Waals surface area contributed by atoms with Crippen molar-refractivity contribution in [1.29, 1.82) is 0 Å². The fraction of sp³-hybridized carbons (Fsp3) is 0.368. The van der Waals surface area contributed by atoms with Gasteiger partial charge >= 0.3 is 0 Å². The number of rotatable bonds is 6. The highest BCUT2D eigenvalue weighted by molar-refractivity contribution is 7.16. The number of hydrogen-bond donors (Lipinski definition) is 1. The number of hydrogen-bond acceptors (Lipinski definition) is 5. The average molecular weight is 358 g/mol. The first kappa shape index (κ1) is 17.6. The molecular weight excluding hydrogens is 336 g/mol. The number of benzene rings is 1. The Kier molecular flexibility index (Phi) is 5.20. The van der Waals surface area contributed by atoms with E-state index in [0.717, 1.165) is 16.9 Å². The van der Waals surface area contributed by atoms with E-state index in [1.165, 1.54) is 22.2 Å². The molecule has 1 aromatic carbocycles. The van der Waals surface area contributed by atoms with Gasteiger partial charge in [0.25, 0.3) is 5.56 Å². The van der Waals surface area contributed by atoms with Crippen LogP contribution >= 0.6 is 11.3 Å². The minimum Gasteiger partial charge on any atom is -0.491 e. The van der Waals surface area contributed by atoms with Crippen LogP contribution in [0.1, 0.15) is 30.9 Å². The van der Waals surface area contributed by atoms with Gasteiger partial charge in [-0.05, 0) is 41.5 Å². The summed E-state index contributed by atoms with van der Waals surface area (Å²) in [5, 5.41) is 12.7. The zero-order valence-corrected chi connectivity index (χ0v) is 15.4. The molecule has 1 atom stereocenters. The van der Waals surface area contributed by atoms with E-state index in [1.54, 1.807) is 6.07 Å². The molecule has 3 rings (SSSR count). The van der Waals surface area contributed by atoms with Crippen molar-refractivity contribution < 1.29 is 9.84 Å². The Morgan fingerprint density at radius 1 is 1.32 bits per heavy atom. The molecular formula is C19H22N2O3S. The van der Waals surface area contributed by atoms with Crippen LogP contribution in [0.2, 0.25) is 0 Å². The minimum atomic E-state index is -0.795. The SMILES string of the molecule is Cc1ccc(C(C)C)c(OC[C@@H](O)Cn2cnc3sccc3c2=O)c1. The molecule has 0 bridgehead atoms. The maximum absolute atomic E-state index is 12.4. The van der Waals surface area contributed by atoms with Crippen molar-refractivity contribution in [3.8, 4) is 5.75 Å². The van der Waals surface area contributed by atoms with Gasteiger partial charge < -0.3 is 9.84 Å². The average Bonchev–Trinajstić information content (AvgIpc) is 3.05. The molecule has 0 unspecified atom stereocenters. The van der Waals surface area contributed by atoms with Crippen LogP contribution in [-0.4, -0.2) is 27.4 Å². The van der Waals surface area contributed by atoms with Gasteiger partial charge in [0, 0.05) is 0 Å². The van der Waals surface area contributed by atoms with Gasteiger partial charge in [-0.25, -0.2) is 4.98 Å². The molecule has 0 aliphatic rings. The standard InChI is InChI=1S/C19H22N2O3S/c1-12(2)15-5-4-13(3)8-17(15)24-10-14(22)9-21-11-20-18-16(19(21)23)6-7-25-18/h4-8,11-12,14,22H,9-10H2,1-3H3/t14-/m0/s1. The molecule has 0 radical (unpaired) electrons. The van der Waals surface area contributed by atoms with Gasteiger partial charge in [-0.15, -0.1) is 11.3 Å². The van der Waals surface area contributed by atoms with E-state index in [4.69, 9.17) is 4.74 Å². The van der Waals surface area contributed by atoms with Crippen LogP contribution in [0, 0.1) is 6.92 Å². The molecule has 0 aliphatic carbocycles. The van der Waals surface area contributed by atoms with Crippen molar-refractivity contribution in [3.05, 3.63) is 57.5 Å². The summed E-state index contributed by atoms with van der Waals surface area (Å²) in [4.78, 5) is 17.3. The summed E-state index contributed by atoms with van der Waals surface area (Å²) >= 11 is 1.43. The maximum Gasteiger partial charge on any atom is 0.262 e. The smallest absolute Gasteiger partial charge is 0.262 e. The van der Waals surface area contributed by atoms with Crippen LogP contribution in [0.5, 0.6) is 5.75 Å². The summed E-state index contributed by atoms with van der Waals surface area (Å²) in [6.45, 7) is 6.50. The van der Waals surface area contributed by atoms with Gasteiger partial charge in [0.15, 0.2) is 0 Å². The van der Waals surface area contributed by atoms with E-state index in [-0.39, 0.29) is 18.7 Å². The summed E-state index contributed by atoms with van der Waals surface area (Å²) in [5.74, 6) is 1.12. The Hall–Kier alpha value is -2.18. The number of thiophene rings is 1. The summed E-state index contributed by atoms with van der Waals surface area (Å²) < 4.78 is 7.28. The van der Waals surface area contributed by atoms with Gasteiger partial charge in [-0.2, -0.15) is 0 Å². The van der Waals surface area contributed by atoms with Gasteiger partial charge in [0.05, 0.1) is 18.3 Å². The number of aliphatic hydroxyl groups is 1. The van der Waals surface area contributed by atoms with Gasteiger partial charge in [0.2, 0.25) is 0 Å². The lowest BCUT2D eigenvalue weighted by Gasteiger charge is -2.18. The van der Waals surface area contributed by atoms with Crippen molar-refractivity contribution in [1.82, 2.24) is 9.55 Å². The normalized spacial score (nSPS) is 12.7. The van der Waals surface area contributed by atoms with Crippen LogP contribution in [-0.2, 0) is 6.54 Å². The summed E-state index contributed by atoms with van der Waals surface area (Å²) in [5.41, 5.74) is 2.08. The highest BCUT2D eigenvalue weighted by Gasteiger charge is 2.13. The van der Waals surface area contributed by atoms with Crippen molar-refractivity contribution in [3.63, 3.8) is 0 Å². The van der Waals surface area contributed by atoms with Crippen LogP contribution in [0.15, 0.2) is 40.8 Å². The second-order valence-corrected chi connectivity index (χ2v) is 7.40. The number of aryl methyl sites for hydroxylation is 1. The molecule has 0 saturated carbocycles. The van der Waals surface area contributed by atoms with Crippen LogP contribution in [0.3, 0.4) is 0 Å². The van der Waals surface area contributed by atoms with E-state index in [0.29, 0.717) is 16.1 Å². The van der Waals surface area contributed by atoms with Crippen LogP contribution < -0.4 is 10.3 Å². The number of aromatic nitrogens is 2. The lowest BCUT2D eigenvalue weighted by molar-refractivity contribution is 0.0908. The third-order valence-electron chi connectivity index (χ3n) is 4.08. The molecule has 3 aromatic rings. The lowest BCUT2D eigenvalue weighted by atomic mass is 10.0. The molecule has 0 aliphatic heterocycles. The van der Waals surface area contributed by atoms with E-state index in [9.17, 15) is 9.90 Å². The second kappa shape index (κ2) is 7.37. The zero-order valence-electron chi connectivity index (χ0n) is 14.6. The number of fused-ring (bicyclic) bond motifs is 1. The van der Waals surface area contributed by atoms with Crippen molar-refractivity contribution >= 4 is 21.6 Å². The van der Waals surface area contributed by atoms with Gasteiger partial charge in [0.1, 0.15) is 23.3 Å². The van der Waals surface area contributed by atoms with E-state index in [1.807, 2.05) is 18.4 Å². The zero-order chi connectivity index (χ0) is 18.0. The van der Waals surface area contributed by atoms with E-state index < -0.39 is 6.10 Å². The first-order valence-electron chi connectivity index (χ1n) is 8.29. The largest absolute Gasteiger partial charge is 0.491 e. The molecule has 5 nitrogen and oxygen atoms in total. The monoisotopic (exact) mass is 358 g/mol. The third-order valence-corrected chi connectivity index (χ3v) is 4.90. The van der Waals surface area contributed by atoms with E-state index in [2.05, 4.69) is 31.0 Å². The predicted octanol–water partition coefficient (Wildman–Crippen LogP) is 3.33. The van der Waals surface area contributed by atoms with Gasteiger partial charge in [-0.1, -0.05) is 26.0 Å². The molecule has 2 heterocycles. The summed E-state index contributed by atoms with van der Waals surface area (Å²) in [7, 11) is 0. The topological polar surface area (TPSA) is 64.3 Å². The first-order chi connectivity index (χ1) is 12.0. The lowest BCUT2D eigenvalue weighted by Crippen LogP contribution is -2.30. The first-order valence-corrected chi connectivity index (χ1v) is 9.17. The number of nitrogens with zero attached hydrogens (tertiary/aromatic N) is 2. The minimum absolute atomic E-state index is 0.122. The summed E-state index contributed by atoms with van der Waals surface area (Å²) in [6.07, 6.45) is 0.687. The molecule has 0 spiro atoms.